The summed E-state index contributed by atoms with van der Waals surface area (Å²) < 4.78 is 0. The van der Waals surface area contributed by atoms with E-state index in [0.717, 1.165) is 11.3 Å². The van der Waals surface area contributed by atoms with Crippen molar-refractivity contribution in [1.82, 2.24) is 4.98 Å². The fourth-order valence-electron chi connectivity index (χ4n) is 0.958. The molecule has 0 unspecified atom stereocenters. The molecule has 0 atom stereocenters. The van der Waals surface area contributed by atoms with Crippen LogP contribution in [0.1, 0.15) is 40.6 Å². The smallest absolute Gasteiger partial charge is 0.355 e. The number of aromatic carboxylic acids is 1. The van der Waals surface area contributed by atoms with E-state index >= 15 is 0 Å². The number of hydrogen-bond acceptors (Lipinski definition) is 4. The summed E-state index contributed by atoms with van der Waals surface area (Å²) in [6, 6.07) is 0. The highest BCUT2D eigenvalue weighted by Crippen LogP contribution is 2.14. The van der Waals surface area contributed by atoms with Crippen LogP contribution in [0.15, 0.2) is 5.38 Å². The zero-order chi connectivity index (χ0) is 10.7. The van der Waals surface area contributed by atoms with Gasteiger partial charge in [-0.2, -0.15) is 0 Å². The molecule has 76 valence electrons. The van der Waals surface area contributed by atoms with Crippen LogP contribution in [-0.2, 0) is 0 Å². The van der Waals surface area contributed by atoms with Gasteiger partial charge >= 0.3 is 5.97 Å². The number of ketones is 1. The maximum atomic E-state index is 11.4. The van der Waals surface area contributed by atoms with Crippen LogP contribution >= 0.6 is 11.3 Å². The van der Waals surface area contributed by atoms with E-state index in [4.69, 9.17) is 5.11 Å². The van der Waals surface area contributed by atoms with Crippen molar-refractivity contribution in [3.8, 4) is 0 Å². The first-order valence-corrected chi connectivity index (χ1v) is 5.10. The number of nitrogens with zero attached hydrogens (tertiary/aromatic N) is 1. The van der Waals surface area contributed by atoms with E-state index < -0.39 is 5.97 Å². The van der Waals surface area contributed by atoms with Gasteiger partial charge in [-0.15, -0.1) is 11.3 Å². The lowest BCUT2D eigenvalue weighted by atomic mass is 10.1. The molecule has 0 aliphatic heterocycles. The summed E-state index contributed by atoms with van der Waals surface area (Å²) in [5, 5.41) is 10.3. The van der Waals surface area contributed by atoms with E-state index in [1.807, 2.05) is 13.8 Å². The fourth-order valence-corrected chi connectivity index (χ4v) is 1.70. The molecule has 0 aliphatic rings. The first kappa shape index (κ1) is 10.8. The van der Waals surface area contributed by atoms with Crippen LogP contribution in [0.25, 0.3) is 0 Å². The highest BCUT2D eigenvalue weighted by molar-refractivity contribution is 7.11. The minimum Gasteiger partial charge on any atom is -0.476 e. The highest BCUT2D eigenvalue weighted by atomic mass is 32.1. The van der Waals surface area contributed by atoms with Crippen molar-refractivity contribution in [1.29, 1.82) is 0 Å². The number of rotatable bonds is 4. The molecule has 1 rings (SSSR count). The Morgan fingerprint density at radius 3 is 2.64 bits per heavy atom. The van der Waals surface area contributed by atoms with Gasteiger partial charge in [0, 0.05) is 11.8 Å². The van der Waals surface area contributed by atoms with Gasteiger partial charge in [0.05, 0.1) is 0 Å². The second kappa shape index (κ2) is 4.32. The molecular formula is C9H11NO3S. The lowest BCUT2D eigenvalue weighted by Gasteiger charge is -1.99. The van der Waals surface area contributed by atoms with Crippen LogP contribution in [-0.4, -0.2) is 21.8 Å². The number of Topliss-reactive ketones (excluding diaryl/α,β-unsaturated/α-hetero) is 1. The average molecular weight is 213 g/mol. The van der Waals surface area contributed by atoms with Gasteiger partial charge in [0.25, 0.3) is 0 Å². The summed E-state index contributed by atoms with van der Waals surface area (Å²) in [7, 11) is 0. The number of thiazole rings is 1. The topological polar surface area (TPSA) is 67.3 Å². The van der Waals surface area contributed by atoms with Crippen LogP contribution in [0, 0.1) is 5.92 Å². The Bertz CT molecular complexity index is 357. The Hall–Kier alpha value is -1.23. The third-order valence-corrected chi connectivity index (χ3v) is 2.44. The number of carbonyl (C=O) groups excluding carboxylic acids is 1. The summed E-state index contributed by atoms with van der Waals surface area (Å²) in [5.41, 5.74) is -0.0536. The van der Waals surface area contributed by atoms with Crippen molar-refractivity contribution in [3.05, 3.63) is 16.1 Å². The van der Waals surface area contributed by atoms with Gasteiger partial charge in [0.1, 0.15) is 0 Å². The molecule has 1 aromatic rings. The zero-order valence-electron chi connectivity index (χ0n) is 7.98. The summed E-state index contributed by atoms with van der Waals surface area (Å²) in [6.07, 6.45) is 0.409. The summed E-state index contributed by atoms with van der Waals surface area (Å²) >= 11 is 1.09. The Labute approximate surface area is 85.6 Å². The Kier molecular flexibility index (Phi) is 3.35. The van der Waals surface area contributed by atoms with Crippen molar-refractivity contribution in [2.75, 3.05) is 0 Å². The molecule has 1 N–H and O–H groups in total. The van der Waals surface area contributed by atoms with E-state index in [1.54, 1.807) is 0 Å². The lowest BCUT2D eigenvalue weighted by molar-refractivity contribution is 0.0691. The molecule has 5 heteroatoms. The third-order valence-electron chi connectivity index (χ3n) is 1.56. The Balaban J connectivity index is 2.76. The predicted octanol–water partition coefficient (Wildman–Crippen LogP) is 2.07. The monoisotopic (exact) mass is 213 g/mol. The molecule has 0 fully saturated rings. The van der Waals surface area contributed by atoms with Gasteiger partial charge in [-0.1, -0.05) is 13.8 Å². The highest BCUT2D eigenvalue weighted by Gasteiger charge is 2.15. The predicted molar refractivity (Wildman–Crippen MR) is 52.9 cm³/mol. The second-order valence-electron chi connectivity index (χ2n) is 3.36. The minimum atomic E-state index is -1.09. The molecular weight excluding hydrogens is 202 g/mol. The van der Waals surface area contributed by atoms with Crippen LogP contribution in [0.2, 0.25) is 0 Å². The van der Waals surface area contributed by atoms with E-state index in [-0.39, 0.29) is 22.4 Å². The van der Waals surface area contributed by atoms with E-state index in [0.29, 0.717) is 6.42 Å². The zero-order valence-corrected chi connectivity index (χ0v) is 8.80. The van der Waals surface area contributed by atoms with Gasteiger partial charge < -0.3 is 5.11 Å². The van der Waals surface area contributed by atoms with Crippen molar-refractivity contribution in [3.63, 3.8) is 0 Å². The van der Waals surface area contributed by atoms with Crippen LogP contribution < -0.4 is 0 Å². The van der Waals surface area contributed by atoms with Crippen LogP contribution in [0.3, 0.4) is 0 Å². The maximum absolute atomic E-state index is 11.4. The average Bonchev–Trinajstić information content (AvgIpc) is 2.50. The number of carboxylic acids is 1. The molecule has 1 aromatic heterocycles. The Morgan fingerprint density at radius 2 is 2.21 bits per heavy atom. The number of carboxylic acid groups (broad SMARTS) is 1. The molecule has 14 heavy (non-hydrogen) atoms. The number of aromatic nitrogens is 1. The summed E-state index contributed by atoms with van der Waals surface area (Å²) in [4.78, 5) is 25.7. The standard InChI is InChI=1S/C9H11NO3S/c1-5(2)3-7(11)8-10-6(4-14-8)9(12)13/h4-5H,3H2,1-2H3,(H,12,13). The molecule has 0 amide bonds. The SMILES string of the molecule is CC(C)CC(=O)c1nc(C(=O)O)cs1. The van der Waals surface area contributed by atoms with Crippen LogP contribution in [0.4, 0.5) is 0 Å². The maximum Gasteiger partial charge on any atom is 0.355 e. The van der Waals surface area contributed by atoms with Gasteiger partial charge in [-0.05, 0) is 5.92 Å². The molecule has 0 aromatic carbocycles. The first-order valence-electron chi connectivity index (χ1n) is 4.22. The first-order chi connectivity index (χ1) is 6.50. The molecule has 0 aliphatic carbocycles. The van der Waals surface area contributed by atoms with Gasteiger partial charge in [0.2, 0.25) is 0 Å². The lowest BCUT2D eigenvalue weighted by Crippen LogP contribution is -2.04. The second-order valence-corrected chi connectivity index (χ2v) is 4.22. The normalized spacial score (nSPS) is 10.5. The number of carbonyl (C=O) groups is 2. The fraction of sp³-hybridized carbons (Fsp3) is 0.444. The molecule has 0 bridgehead atoms. The van der Waals surface area contributed by atoms with Crippen molar-refractivity contribution in [2.45, 2.75) is 20.3 Å². The van der Waals surface area contributed by atoms with E-state index in [2.05, 4.69) is 4.98 Å². The summed E-state index contributed by atoms with van der Waals surface area (Å²) in [5.74, 6) is -0.915. The molecule has 4 nitrogen and oxygen atoms in total. The van der Waals surface area contributed by atoms with Crippen molar-refractivity contribution in [2.24, 2.45) is 5.92 Å². The molecule has 0 saturated carbocycles. The molecule has 0 radical (unpaired) electrons. The minimum absolute atomic E-state index is 0.0536. The van der Waals surface area contributed by atoms with Crippen molar-refractivity contribution < 1.29 is 14.7 Å². The van der Waals surface area contributed by atoms with Crippen molar-refractivity contribution >= 4 is 23.1 Å². The van der Waals surface area contributed by atoms with Gasteiger partial charge in [-0.3, -0.25) is 4.79 Å². The summed E-state index contributed by atoms with van der Waals surface area (Å²) in [6.45, 7) is 3.87. The Morgan fingerprint density at radius 1 is 1.57 bits per heavy atom. The molecule has 0 spiro atoms. The van der Waals surface area contributed by atoms with E-state index in [1.165, 1.54) is 5.38 Å². The number of hydrogen-bond donors (Lipinski definition) is 1. The largest absolute Gasteiger partial charge is 0.476 e. The van der Waals surface area contributed by atoms with Gasteiger partial charge in [0.15, 0.2) is 16.5 Å². The van der Waals surface area contributed by atoms with Crippen LogP contribution in [0.5, 0.6) is 0 Å². The van der Waals surface area contributed by atoms with E-state index in [9.17, 15) is 9.59 Å². The third kappa shape index (κ3) is 2.63. The molecule has 0 saturated heterocycles. The quantitative estimate of drug-likeness (QED) is 0.777. The molecule has 1 heterocycles. The van der Waals surface area contributed by atoms with Gasteiger partial charge in [-0.25, -0.2) is 9.78 Å².